The topological polar surface area (TPSA) is 52.6 Å². The van der Waals surface area contributed by atoms with Crippen molar-refractivity contribution in [1.82, 2.24) is 0 Å². The molecule has 4 heteroatoms. The maximum atomic E-state index is 11.2. The largest absolute Gasteiger partial charge is 0.496 e. The maximum absolute atomic E-state index is 11.2. The van der Waals surface area contributed by atoms with Gasteiger partial charge in [-0.15, -0.1) is 0 Å². The molecule has 1 aromatic carbocycles. The van der Waals surface area contributed by atoms with E-state index in [1.54, 1.807) is 7.11 Å². The highest BCUT2D eigenvalue weighted by molar-refractivity contribution is 6.33. The molecule has 0 spiro atoms. The van der Waals surface area contributed by atoms with Gasteiger partial charge in [-0.3, -0.25) is 4.79 Å². The quantitative estimate of drug-likeness (QED) is 0.557. The summed E-state index contributed by atoms with van der Waals surface area (Å²) < 4.78 is 9.47. The zero-order valence-corrected chi connectivity index (χ0v) is 9.36. The van der Waals surface area contributed by atoms with Crippen LogP contribution in [0.25, 0.3) is 0 Å². The number of methoxy groups -OCH3 is 2. The lowest BCUT2D eigenvalue weighted by Gasteiger charge is -2.06. The van der Waals surface area contributed by atoms with E-state index < -0.39 is 11.8 Å². The summed E-state index contributed by atoms with van der Waals surface area (Å²) in [4.78, 5) is 22.1. The van der Waals surface area contributed by atoms with Gasteiger partial charge in [-0.1, -0.05) is 18.2 Å². The third-order valence-corrected chi connectivity index (χ3v) is 2.23. The Kier molecular flexibility index (Phi) is 4.51. The predicted octanol–water partition coefficient (Wildman–Crippen LogP) is 1.37. The van der Waals surface area contributed by atoms with E-state index in [-0.39, 0.29) is 6.42 Å². The van der Waals surface area contributed by atoms with Crippen LogP contribution in [0.5, 0.6) is 5.75 Å². The van der Waals surface area contributed by atoms with Gasteiger partial charge in [0.2, 0.25) is 5.78 Å². The van der Waals surface area contributed by atoms with Gasteiger partial charge in [0.15, 0.2) is 0 Å². The van der Waals surface area contributed by atoms with Crippen LogP contribution in [0.3, 0.4) is 0 Å². The molecule has 16 heavy (non-hydrogen) atoms. The van der Waals surface area contributed by atoms with Crippen LogP contribution in [0, 0.1) is 0 Å². The summed E-state index contributed by atoms with van der Waals surface area (Å²) in [5.74, 6) is -0.594. The van der Waals surface area contributed by atoms with Gasteiger partial charge >= 0.3 is 5.97 Å². The summed E-state index contributed by atoms with van der Waals surface area (Å²) in [5, 5.41) is 0. The Morgan fingerprint density at radius 3 is 2.50 bits per heavy atom. The maximum Gasteiger partial charge on any atom is 0.374 e. The predicted molar refractivity (Wildman–Crippen MR) is 58.3 cm³/mol. The molecule has 0 unspecified atom stereocenters. The highest BCUT2D eigenvalue weighted by Gasteiger charge is 2.14. The zero-order valence-electron chi connectivity index (χ0n) is 9.36. The number of Topliss-reactive ketones (excluding diaryl/α,β-unsaturated/α-hetero) is 1. The number of hydrogen-bond acceptors (Lipinski definition) is 4. The van der Waals surface area contributed by atoms with E-state index in [1.807, 2.05) is 24.3 Å². The van der Waals surface area contributed by atoms with E-state index in [4.69, 9.17) is 4.74 Å². The number of carbonyl (C=O) groups excluding carboxylic acids is 2. The van der Waals surface area contributed by atoms with Crippen molar-refractivity contribution in [3.8, 4) is 5.75 Å². The fourth-order valence-corrected chi connectivity index (χ4v) is 1.37. The van der Waals surface area contributed by atoms with Crippen LogP contribution in [-0.4, -0.2) is 26.0 Å². The third kappa shape index (κ3) is 3.08. The van der Waals surface area contributed by atoms with Crippen LogP contribution in [0.2, 0.25) is 0 Å². The fraction of sp³-hybridized carbons (Fsp3) is 0.333. The van der Waals surface area contributed by atoms with E-state index in [0.717, 1.165) is 11.3 Å². The molecular weight excluding hydrogens is 208 g/mol. The third-order valence-electron chi connectivity index (χ3n) is 2.23. The van der Waals surface area contributed by atoms with E-state index in [2.05, 4.69) is 4.74 Å². The molecule has 0 heterocycles. The lowest BCUT2D eigenvalue weighted by molar-refractivity contribution is -0.151. The second-order valence-electron chi connectivity index (χ2n) is 3.23. The molecule has 1 aromatic rings. The first-order valence-electron chi connectivity index (χ1n) is 4.92. The minimum atomic E-state index is -0.796. The normalized spacial score (nSPS) is 9.62. The number of esters is 1. The van der Waals surface area contributed by atoms with Gasteiger partial charge in [0.1, 0.15) is 5.75 Å². The standard InChI is InChI=1S/C12H14O4/c1-15-11-6-4-3-5-9(11)7-8-10(13)12(14)16-2/h3-6H,7-8H2,1-2H3. The molecule has 0 saturated heterocycles. The lowest BCUT2D eigenvalue weighted by atomic mass is 10.1. The molecule has 0 saturated carbocycles. The first-order valence-corrected chi connectivity index (χ1v) is 4.92. The Hall–Kier alpha value is -1.84. The van der Waals surface area contributed by atoms with Gasteiger partial charge in [-0.25, -0.2) is 4.79 Å². The number of aryl methyl sites for hydroxylation is 1. The van der Waals surface area contributed by atoms with Crippen molar-refractivity contribution in [2.45, 2.75) is 12.8 Å². The van der Waals surface area contributed by atoms with Crippen molar-refractivity contribution in [3.05, 3.63) is 29.8 Å². The van der Waals surface area contributed by atoms with Gasteiger partial charge < -0.3 is 9.47 Å². The lowest BCUT2D eigenvalue weighted by Crippen LogP contribution is -2.16. The van der Waals surface area contributed by atoms with E-state index in [9.17, 15) is 9.59 Å². The second-order valence-corrected chi connectivity index (χ2v) is 3.23. The summed E-state index contributed by atoms with van der Waals surface area (Å²) in [6, 6.07) is 7.40. The number of ether oxygens (including phenoxy) is 2. The molecule has 0 amide bonds. The molecule has 4 nitrogen and oxygen atoms in total. The van der Waals surface area contributed by atoms with Gasteiger partial charge in [0, 0.05) is 6.42 Å². The average molecular weight is 222 g/mol. The number of ketones is 1. The van der Waals surface area contributed by atoms with Crippen molar-refractivity contribution in [2.24, 2.45) is 0 Å². The Morgan fingerprint density at radius 1 is 1.19 bits per heavy atom. The monoisotopic (exact) mass is 222 g/mol. The van der Waals surface area contributed by atoms with Crippen LogP contribution in [0.15, 0.2) is 24.3 Å². The molecule has 0 fully saturated rings. The SMILES string of the molecule is COC(=O)C(=O)CCc1ccccc1OC. The summed E-state index contributed by atoms with van der Waals surface area (Å²) in [6.45, 7) is 0. The van der Waals surface area contributed by atoms with Gasteiger partial charge in [0.05, 0.1) is 14.2 Å². The van der Waals surface area contributed by atoms with Crippen LogP contribution < -0.4 is 4.74 Å². The Labute approximate surface area is 94.2 Å². The van der Waals surface area contributed by atoms with Gasteiger partial charge in [0.25, 0.3) is 0 Å². The van der Waals surface area contributed by atoms with E-state index in [1.165, 1.54) is 7.11 Å². The molecule has 1 rings (SSSR count). The summed E-state index contributed by atoms with van der Waals surface area (Å²) in [5.41, 5.74) is 0.905. The molecule has 86 valence electrons. The van der Waals surface area contributed by atoms with Crippen molar-refractivity contribution >= 4 is 11.8 Å². The minimum absolute atomic E-state index is 0.132. The van der Waals surface area contributed by atoms with Crippen molar-refractivity contribution in [3.63, 3.8) is 0 Å². The van der Waals surface area contributed by atoms with Crippen molar-refractivity contribution in [1.29, 1.82) is 0 Å². The van der Waals surface area contributed by atoms with Crippen LogP contribution in [-0.2, 0) is 20.7 Å². The summed E-state index contributed by atoms with van der Waals surface area (Å²) in [6.07, 6.45) is 0.602. The number of carbonyl (C=O) groups is 2. The van der Waals surface area contributed by atoms with Crippen LogP contribution in [0.4, 0.5) is 0 Å². The summed E-state index contributed by atoms with van der Waals surface area (Å²) >= 11 is 0. The molecule has 0 N–H and O–H groups in total. The van der Waals surface area contributed by atoms with Crippen molar-refractivity contribution in [2.75, 3.05) is 14.2 Å². The van der Waals surface area contributed by atoms with E-state index >= 15 is 0 Å². The highest BCUT2D eigenvalue weighted by atomic mass is 16.5. The average Bonchev–Trinajstić information content (AvgIpc) is 2.35. The van der Waals surface area contributed by atoms with Gasteiger partial charge in [-0.2, -0.15) is 0 Å². The Morgan fingerprint density at radius 2 is 1.88 bits per heavy atom. The molecule has 0 radical (unpaired) electrons. The smallest absolute Gasteiger partial charge is 0.374 e. The first-order chi connectivity index (χ1) is 7.69. The molecule has 0 aliphatic heterocycles. The Bertz CT molecular complexity index is 384. The molecule has 0 atom stereocenters. The van der Waals surface area contributed by atoms with Crippen LogP contribution in [0.1, 0.15) is 12.0 Å². The van der Waals surface area contributed by atoms with E-state index in [0.29, 0.717) is 6.42 Å². The molecular formula is C12H14O4. The number of hydrogen-bond donors (Lipinski definition) is 0. The number of para-hydroxylation sites is 1. The number of rotatable bonds is 5. The molecule has 0 bridgehead atoms. The van der Waals surface area contributed by atoms with Gasteiger partial charge in [-0.05, 0) is 18.1 Å². The Balaban J connectivity index is 2.61. The highest BCUT2D eigenvalue weighted by Crippen LogP contribution is 2.18. The molecule has 0 aliphatic carbocycles. The second kappa shape index (κ2) is 5.90. The van der Waals surface area contributed by atoms with Crippen LogP contribution >= 0.6 is 0 Å². The first kappa shape index (κ1) is 12.2. The molecule has 0 aliphatic rings. The number of benzene rings is 1. The summed E-state index contributed by atoms with van der Waals surface area (Å²) in [7, 11) is 2.77. The minimum Gasteiger partial charge on any atom is -0.496 e. The van der Waals surface area contributed by atoms with Crippen molar-refractivity contribution < 1.29 is 19.1 Å². The zero-order chi connectivity index (χ0) is 12.0. The fourth-order valence-electron chi connectivity index (χ4n) is 1.37. The molecule has 0 aromatic heterocycles.